The van der Waals surface area contributed by atoms with Gasteiger partial charge in [-0.3, -0.25) is 9.48 Å². The fraction of sp³-hybridized carbons (Fsp3) is 0.444. The van der Waals surface area contributed by atoms with Crippen LogP contribution in [0.2, 0.25) is 0 Å². The van der Waals surface area contributed by atoms with E-state index in [1.54, 1.807) is 0 Å². The lowest BCUT2D eigenvalue weighted by atomic mass is 10.0. The highest BCUT2D eigenvalue weighted by molar-refractivity contribution is 5.95. The molecule has 0 aliphatic rings. The zero-order chi connectivity index (χ0) is 15.6. The van der Waals surface area contributed by atoms with Gasteiger partial charge in [0.05, 0.1) is 5.69 Å². The predicted octanol–water partition coefficient (Wildman–Crippen LogP) is 4.07. The van der Waals surface area contributed by atoms with E-state index in [2.05, 4.69) is 25.9 Å². The Morgan fingerprint density at radius 1 is 1.19 bits per heavy atom. The number of carbonyl (C=O) groups excluding carboxylic acids is 1. The van der Waals surface area contributed by atoms with Gasteiger partial charge in [-0.05, 0) is 37.3 Å². The maximum atomic E-state index is 12.4. The van der Waals surface area contributed by atoms with Gasteiger partial charge in [0, 0.05) is 11.3 Å². The summed E-state index contributed by atoms with van der Waals surface area (Å²) in [7, 11) is 0. The van der Waals surface area contributed by atoms with Gasteiger partial charge in [-0.2, -0.15) is 5.10 Å². The quantitative estimate of drug-likeness (QED) is 0.776. The Kier molecular flexibility index (Phi) is 4.61. The third-order valence-electron chi connectivity index (χ3n) is 4.08. The highest BCUT2D eigenvalue weighted by Crippen LogP contribution is 2.17. The molecule has 1 aromatic carbocycles. The SMILES string of the molecule is CCc1c(C)nn(CC(=O)c2ccc(C(C)C)cc2)c1C. The molecule has 0 aliphatic heterocycles. The van der Waals surface area contributed by atoms with Crippen LogP contribution < -0.4 is 0 Å². The third-order valence-corrected chi connectivity index (χ3v) is 4.08. The number of hydrogen-bond donors (Lipinski definition) is 0. The molecule has 0 spiro atoms. The highest BCUT2D eigenvalue weighted by Gasteiger charge is 2.13. The number of nitrogens with zero attached hydrogens (tertiary/aromatic N) is 2. The summed E-state index contributed by atoms with van der Waals surface area (Å²) >= 11 is 0. The van der Waals surface area contributed by atoms with Gasteiger partial charge in [-0.25, -0.2) is 0 Å². The van der Waals surface area contributed by atoms with Gasteiger partial charge in [0.1, 0.15) is 6.54 Å². The largest absolute Gasteiger partial charge is 0.292 e. The van der Waals surface area contributed by atoms with Crippen molar-refractivity contribution in [3.8, 4) is 0 Å². The minimum atomic E-state index is 0.110. The zero-order valence-corrected chi connectivity index (χ0v) is 13.6. The fourth-order valence-corrected chi connectivity index (χ4v) is 2.68. The second kappa shape index (κ2) is 6.25. The lowest BCUT2D eigenvalue weighted by molar-refractivity contribution is 0.0966. The van der Waals surface area contributed by atoms with E-state index in [4.69, 9.17) is 0 Å². The second-order valence-electron chi connectivity index (χ2n) is 5.86. The first-order valence-electron chi connectivity index (χ1n) is 7.60. The molecule has 0 radical (unpaired) electrons. The molecule has 0 fully saturated rings. The van der Waals surface area contributed by atoms with Crippen molar-refractivity contribution in [1.82, 2.24) is 9.78 Å². The van der Waals surface area contributed by atoms with Crippen LogP contribution in [0, 0.1) is 13.8 Å². The fourth-order valence-electron chi connectivity index (χ4n) is 2.68. The number of hydrogen-bond acceptors (Lipinski definition) is 2. The number of benzene rings is 1. The number of carbonyl (C=O) groups is 1. The van der Waals surface area contributed by atoms with E-state index in [0.29, 0.717) is 12.5 Å². The standard InChI is InChI=1S/C18H24N2O/c1-6-17-13(4)19-20(14(17)5)11-18(21)16-9-7-15(8-10-16)12(2)3/h7-10,12H,6,11H2,1-5H3. The highest BCUT2D eigenvalue weighted by atomic mass is 16.1. The number of aromatic nitrogens is 2. The number of rotatable bonds is 5. The van der Waals surface area contributed by atoms with Crippen LogP contribution in [0.15, 0.2) is 24.3 Å². The van der Waals surface area contributed by atoms with Crippen LogP contribution >= 0.6 is 0 Å². The summed E-state index contributed by atoms with van der Waals surface area (Å²) in [4.78, 5) is 12.4. The molecule has 0 aliphatic carbocycles. The molecule has 1 heterocycles. The van der Waals surface area contributed by atoms with E-state index in [-0.39, 0.29) is 5.78 Å². The second-order valence-corrected chi connectivity index (χ2v) is 5.86. The minimum Gasteiger partial charge on any atom is -0.292 e. The van der Waals surface area contributed by atoms with Crippen molar-refractivity contribution in [3.05, 3.63) is 52.3 Å². The van der Waals surface area contributed by atoms with E-state index in [9.17, 15) is 4.79 Å². The van der Waals surface area contributed by atoms with Gasteiger partial charge < -0.3 is 0 Å². The molecule has 3 heteroatoms. The van der Waals surface area contributed by atoms with Gasteiger partial charge >= 0.3 is 0 Å². The molecule has 2 rings (SSSR count). The van der Waals surface area contributed by atoms with Crippen molar-refractivity contribution in [1.29, 1.82) is 0 Å². The first-order valence-corrected chi connectivity index (χ1v) is 7.60. The van der Waals surface area contributed by atoms with E-state index < -0.39 is 0 Å². The average Bonchev–Trinajstić information content (AvgIpc) is 2.73. The van der Waals surface area contributed by atoms with E-state index in [1.807, 2.05) is 42.8 Å². The first kappa shape index (κ1) is 15.5. The Labute approximate surface area is 127 Å². The van der Waals surface area contributed by atoms with Crippen molar-refractivity contribution in [2.24, 2.45) is 0 Å². The molecular formula is C18H24N2O. The summed E-state index contributed by atoms with van der Waals surface area (Å²) in [6, 6.07) is 7.92. The molecule has 3 nitrogen and oxygen atoms in total. The minimum absolute atomic E-state index is 0.110. The summed E-state index contributed by atoms with van der Waals surface area (Å²) < 4.78 is 1.83. The van der Waals surface area contributed by atoms with E-state index in [1.165, 1.54) is 11.1 Å². The molecule has 0 atom stereocenters. The third kappa shape index (κ3) is 3.23. The summed E-state index contributed by atoms with van der Waals surface area (Å²) in [6.07, 6.45) is 0.953. The molecule has 21 heavy (non-hydrogen) atoms. The maximum absolute atomic E-state index is 12.4. The van der Waals surface area contributed by atoms with Gasteiger partial charge in [0.2, 0.25) is 0 Å². The summed E-state index contributed by atoms with van der Waals surface area (Å²) in [5.41, 5.74) is 5.38. The lowest BCUT2D eigenvalue weighted by Gasteiger charge is -2.07. The molecule has 2 aromatic rings. The van der Waals surface area contributed by atoms with Gasteiger partial charge in [0.25, 0.3) is 0 Å². The Morgan fingerprint density at radius 2 is 1.81 bits per heavy atom. The molecule has 0 unspecified atom stereocenters. The van der Waals surface area contributed by atoms with Crippen LogP contribution in [-0.2, 0) is 13.0 Å². The zero-order valence-electron chi connectivity index (χ0n) is 13.6. The smallest absolute Gasteiger partial charge is 0.184 e. The van der Waals surface area contributed by atoms with Crippen molar-refractivity contribution < 1.29 is 4.79 Å². The lowest BCUT2D eigenvalue weighted by Crippen LogP contribution is -2.13. The normalized spacial score (nSPS) is 11.1. The molecule has 0 saturated carbocycles. The molecule has 0 N–H and O–H groups in total. The summed E-state index contributed by atoms with van der Waals surface area (Å²) in [5, 5.41) is 4.49. The van der Waals surface area contributed by atoms with Gasteiger partial charge in [-0.1, -0.05) is 45.0 Å². The van der Waals surface area contributed by atoms with Gasteiger partial charge in [0.15, 0.2) is 5.78 Å². The Balaban J connectivity index is 2.18. The summed E-state index contributed by atoms with van der Waals surface area (Å²) in [6.45, 7) is 10.8. The average molecular weight is 284 g/mol. The Morgan fingerprint density at radius 3 is 2.29 bits per heavy atom. The first-order chi connectivity index (χ1) is 9.93. The van der Waals surface area contributed by atoms with Crippen LogP contribution in [-0.4, -0.2) is 15.6 Å². The molecule has 0 saturated heterocycles. The van der Waals surface area contributed by atoms with E-state index >= 15 is 0 Å². The maximum Gasteiger partial charge on any atom is 0.184 e. The monoisotopic (exact) mass is 284 g/mol. The number of Topliss-reactive ketones (excluding diaryl/α,β-unsaturated/α-hetero) is 1. The molecule has 112 valence electrons. The molecule has 1 aromatic heterocycles. The topological polar surface area (TPSA) is 34.9 Å². The van der Waals surface area contributed by atoms with Crippen LogP contribution in [0.1, 0.15) is 59.6 Å². The number of ketones is 1. The molecular weight excluding hydrogens is 260 g/mol. The van der Waals surface area contributed by atoms with Crippen LogP contribution in [0.5, 0.6) is 0 Å². The van der Waals surface area contributed by atoms with Crippen molar-refractivity contribution in [2.75, 3.05) is 0 Å². The molecule has 0 amide bonds. The summed E-state index contributed by atoms with van der Waals surface area (Å²) in [5.74, 6) is 0.593. The Bertz CT molecular complexity index is 636. The van der Waals surface area contributed by atoms with Gasteiger partial charge in [-0.15, -0.1) is 0 Å². The van der Waals surface area contributed by atoms with Crippen LogP contribution in [0.4, 0.5) is 0 Å². The van der Waals surface area contributed by atoms with E-state index in [0.717, 1.165) is 23.4 Å². The molecule has 0 bridgehead atoms. The predicted molar refractivity (Wildman–Crippen MR) is 85.9 cm³/mol. The Hall–Kier alpha value is -1.90. The van der Waals surface area contributed by atoms with Crippen LogP contribution in [0.3, 0.4) is 0 Å². The van der Waals surface area contributed by atoms with Crippen LogP contribution in [0.25, 0.3) is 0 Å². The van der Waals surface area contributed by atoms with Crippen molar-refractivity contribution >= 4 is 5.78 Å². The van der Waals surface area contributed by atoms with Crippen molar-refractivity contribution in [2.45, 2.75) is 53.5 Å². The number of aryl methyl sites for hydroxylation is 1. The van der Waals surface area contributed by atoms with Crippen molar-refractivity contribution in [3.63, 3.8) is 0 Å².